The van der Waals surface area contributed by atoms with Crippen molar-refractivity contribution < 1.29 is 9.90 Å². The van der Waals surface area contributed by atoms with Crippen molar-refractivity contribution in [3.8, 4) is 10.4 Å². The third-order valence-corrected chi connectivity index (χ3v) is 5.09. The van der Waals surface area contributed by atoms with Gasteiger partial charge in [-0.2, -0.15) is 0 Å². The summed E-state index contributed by atoms with van der Waals surface area (Å²) in [6.07, 6.45) is 3.70. The zero-order valence-electron chi connectivity index (χ0n) is 12.7. The smallest absolute Gasteiger partial charge is 0.256 e. The number of piperazine rings is 1. The molecule has 2 N–H and O–H groups in total. The highest BCUT2D eigenvalue weighted by Crippen LogP contribution is 2.31. The average molecular weight is 319 g/mol. The van der Waals surface area contributed by atoms with Crippen molar-refractivity contribution in [3.05, 3.63) is 35.0 Å². The van der Waals surface area contributed by atoms with Gasteiger partial charge in [0.05, 0.1) is 12.2 Å². The van der Waals surface area contributed by atoms with Crippen LogP contribution in [0.4, 0.5) is 0 Å². The first-order valence-electron chi connectivity index (χ1n) is 7.55. The van der Waals surface area contributed by atoms with Crippen molar-refractivity contribution in [2.45, 2.75) is 6.92 Å². The van der Waals surface area contributed by atoms with E-state index in [9.17, 15) is 4.79 Å². The lowest BCUT2D eigenvalue weighted by atomic mass is 10.1. The number of carbonyl (C=O) groups is 1. The van der Waals surface area contributed by atoms with Crippen LogP contribution < -0.4 is 0 Å². The molecule has 1 amide bonds. The first-order valence-corrected chi connectivity index (χ1v) is 8.37. The number of rotatable bonds is 4. The lowest BCUT2D eigenvalue weighted by molar-refractivity contribution is 0.0616. The van der Waals surface area contributed by atoms with Gasteiger partial charge < -0.3 is 15.0 Å². The molecule has 0 aliphatic carbocycles. The highest BCUT2D eigenvalue weighted by atomic mass is 32.1. The summed E-state index contributed by atoms with van der Waals surface area (Å²) in [5, 5.41) is 8.98. The van der Waals surface area contributed by atoms with Crippen LogP contribution in [0.15, 0.2) is 24.5 Å². The van der Waals surface area contributed by atoms with Gasteiger partial charge in [-0.3, -0.25) is 9.69 Å². The van der Waals surface area contributed by atoms with Crippen LogP contribution in [-0.2, 0) is 0 Å². The Bertz CT molecular complexity index is 641. The monoisotopic (exact) mass is 319 g/mol. The Labute approximate surface area is 134 Å². The molecule has 3 rings (SSSR count). The van der Waals surface area contributed by atoms with Gasteiger partial charge in [-0.15, -0.1) is 11.3 Å². The van der Waals surface area contributed by atoms with Gasteiger partial charge in [-0.1, -0.05) is 0 Å². The summed E-state index contributed by atoms with van der Waals surface area (Å²) >= 11 is 1.70. The number of aryl methyl sites for hydroxylation is 1. The summed E-state index contributed by atoms with van der Waals surface area (Å²) in [7, 11) is 0. The van der Waals surface area contributed by atoms with Crippen molar-refractivity contribution in [2.24, 2.45) is 0 Å². The number of aromatic amines is 1. The molecule has 0 radical (unpaired) electrons. The van der Waals surface area contributed by atoms with E-state index in [0.717, 1.165) is 29.1 Å². The molecule has 1 fully saturated rings. The minimum Gasteiger partial charge on any atom is -0.395 e. The average Bonchev–Trinajstić information content (AvgIpc) is 3.16. The predicted molar refractivity (Wildman–Crippen MR) is 88.3 cm³/mol. The van der Waals surface area contributed by atoms with E-state index < -0.39 is 0 Å². The van der Waals surface area contributed by atoms with E-state index in [1.807, 2.05) is 11.1 Å². The number of thiophene rings is 1. The number of aromatic nitrogens is 1. The number of β-amino-alcohol motifs (C(OH)–C–C–N with tert-alkyl or cyclic N) is 1. The van der Waals surface area contributed by atoms with Crippen molar-refractivity contribution in [1.82, 2.24) is 14.8 Å². The highest BCUT2D eigenvalue weighted by molar-refractivity contribution is 7.15. The van der Waals surface area contributed by atoms with Crippen LogP contribution in [-0.4, -0.2) is 65.1 Å². The van der Waals surface area contributed by atoms with Crippen LogP contribution >= 0.6 is 11.3 Å². The maximum absolute atomic E-state index is 12.8. The zero-order chi connectivity index (χ0) is 15.5. The molecule has 0 saturated carbocycles. The number of amides is 1. The number of hydrogen-bond acceptors (Lipinski definition) is 4. The maximum atomic E-state index is 12.8. The molecule has 2 aromatic heterocycles. The van der Waals surface area contributed by atoms with E-state index in [4.69, 9.17) is 5.11 Å². The number of carbonyl (C=O) groups excluding carboxylic acids is 1. The molecule has 0 unspecified atom stereocenters. The van der Waals surface area contributed by atoms with Gasteiger partial charge in [-0.05, 0) is 19.1 Å². The van der Waals surface area contributed by atoms with E-state index >= 15 is 0 Å². The van der Waals surface area contributed by atoms with E-state index in [2.05, 4.69) is 28.9 Å². The van der Waals surface area contributed by atoms with Gasteiger partial charge >= 0.3 is 0 Å². The Balaban J connectivity index is 1.73. The van der Waals surface area contributed by atoms with Gasteiger partial charge in [0.15, 0.2) is 0 Å². The summed E-state index contributed by atoms with van der Waals surface area (Å²) in [5.41, 5.74) is 1.73. The molecule has 1 saturated heterocycles. The molecule has 0 spiro atoms. The fraction of sp³-hybridized carbons (Fsp3) is 0.438. The lowest BCUT2D eigenvalue weighted by Gasteiger charge is -2.34. The zero-order valence-corrected chi connectivity index (χ0v) is 13.5. The first-order chi connectivity index (χ1) is 10.7. The Hall–Kier alpha value is -1.63. The van der Waals surface area contributed by atoms with E-state index in [1.165, 1.54) is 4.88 Å². The van der Waals surface area contributed by atoms with E-state index in [0.29, 0.717) is 19.6 Å². The second-order valence-corrected chi connectivity index (χ2v) is 6.84. The maximum Gasteiger partial charge on any atom is 0.256 e. The third-order valence-electron chi connectivity index (χ3n) is 4.06. The molecule has 0 aromatic carbocycles. The van der Waals surface area contributed by atoms with Gasteiger partial charge in [0.2, 0.25) is 0 Å². The number of hydrogen-bond donors (Lipinski definition) is 2. The summed E-state index contributed by atoms with van der Waals surface area (Å²) in [6.45, 7) is 6.01. The SMILES string of the molecule is Cc1ccc(-c2c[nH]cc2C(=O)N2CCN(CCO)CC2)s1. The molecule has 0 atom stereocenters. The normalized spacial score (nSPS) is 16.2. The predicted octanol–water partition coefficient (Wildman–Crippen LogP) is 1.80. The van der Waals surface area contributed by atoms with Crippen molar-refractivity contribution in [1.29, 1.82) is 0 Å². The Morgan fingerprint density at radius 1 is 1.27 bits per heavy atom. The second kappa shape index (κ2) is 6.64. The molecular weight excluding hydrogens is 298 g/mol. The van der Waals surface area contributed by atoms with Crippen LogP contribution in [0.1, 0.15) is 15.2 Å². The Morgan fingerprint density at radius 3 is 2.68 bits per heavy atom. The largest absolute Gasteiger partial charge is 0.395 e. The molecular formula is C16H21N3O2S. The molecule has 5 nitrogen and oxygen atoms in total. The van der Waals surface area contributed by atoms with Crippen molar-refractivity contribution in [3.63, 3.8) is 0 Å². The van der Waals surface area contributed by atoms with Crippen LogP contribution in [0.5, 0.6) is 0 Å². The minimum atomic E-state index is 0.0888. The van der Waals surface area contributed by atoms with Gasteiger partial charge in [-0.25, -0.2) is 0 Å². The molecule has 1 aliphatic heterocycles. The van der Waals surface area contributed by atoms with Crippen molar-refractivity contribution in [2.75, 3.05) is 39.3 Å². The quantitative estimate of drug-likeness (QED) is 0.903. The fourth-order valence-corrected chi connectivity index (χ4v) is 3.71. The molecule has 6 heteroatoms. The molecule has 0 bridgehead atoms. The molecule has 2 aromatic rings. The topological polar surface area (TPSA) is 59.6 Å². The Morgan fingerprint density at radius 2 is 2.05 bits per heavy atom. The number of nitrogens with zero attached hydrogens (tertiary/aromatic N) is 2. The summed E-state index contributed by atoms with van der Waals surface area (Å²) in [5.74, 6) is 0.0888. The van der Waals surface area contributed by atoms with Gasteiger partial charge in [0, 0.05) is 60.4 Å². The molecule has 22 heavy (non-hydrogen) atoms. The summed E-state index contributed by atoms with van der Waals surface area (Å²) < 4.78 is 0. The second-order valence-electron chi connectivity index (χ2n) is 5.55. The van der Waals surface area contributed by atoms with Crippen LogP contribution in [0.2, 0.25) is 0 Å². The third kappa shape index (κ3) is 3.09. The van der Waals surface area contributed by atoms with Crippen LogP contribution in [0.25, 0.3) is 10.4 Å². The Kier molecular flexibility index (Phi) is 4.61. The molecule has 1 aliphatic rings. The van der Waals surface area contributed by atoms with Crippen molar-refractivity contribution >= 4 is 17.2 Å². The highest BCUT2D eigenvalue weighted by Gasteiger charge is 2.24. The lowest BCUT2D eigenvalue weighted by Crippen LogP contribution is -2.49. The minimum absolute atomic E-state index is 0.0888. The van der Waals surface area contributed by atoms with Gasteiger partial charge in [0.25, 0.3) is 5.91 Å². The van der Waals surface area contributed by atoms with Crippen LogP contribution in [0.3, 0.4) is 0 Å². The fourth-order valence-electron chi connectivity index (χ4n) is 2.81. The number of H-pyrrole nitrogens is 1. The van der Waals surface area contributed by atoms with Gasteiger partial charge in [0.1, 0.15) is 0 Å². The molecule has 118 valence electrons. The number of nitrogens with one attached hydrogen (secondary N) is 1. The summed E-state index contributed by atoms with van der Waals surface area (Å²) in [4.78, 5) is 22.3. The molecule has 3 heterocycles. The number of aliphatic hydroxyl groups is 1. The first kappa shape index (κ1) is 15.3. The summed E-state index contributed by atoms with van der Waals surface area (Å²) in [6, 6.07) is 4.15. The standard InChI is InChI=1S/C16H21N3O2S/c1-12-2-3-15(22-12)13-10-17-11-14(13)16(21)19-6-4-18(5-7-19)8-9-20/h2-3,10-11,17,20H,4-9H2,1H3. The number of aliphatic hydroxyl groups excluding tert-OH is 1. The van der Waals surface area contributed by atoms with Crippen LogP contribution in [0, 0.1) is 6.92 Å². The van der Waals surface area contributed by atoms with E-state index in [-0.39, 0.29) is 12.5 Å². The van der Waals surface area contributed by atoms with E-state index in [1.54, 1.807) is 17.5 Å².